The molecule has 1 aliphatic rings. The Kier molecular flexibility index (Phi) is 6.90. The van der Waals surface area contributed by atoms with Crippen LogP contribution in [0.3, 0.4) is 0 Å². The summed E-state index contributed by atoms with van der Waals surface area (Å²) in [4.78, 5) is 17.4. The van der Waals surface area contributed by atoms with Crippen LogP contribution in [0.1, 0.15) is 24.2 Å². The molecule has 6 nitrogen and oxygen atoms in total. The molecule has 0 aromatic heterocycles. The fourth-order valence-corrected chi connectivity index (χ4v) is 3.33. The molecule has 1 saturated heterocycles. The molecule has 1 aliphatic heterocycles. The largest absolute Gasteiger partial charge is 0.492 e. The Labute approximate surface area is 167 Å². The first-order chi connectivity index (χ1) is 13.6. The van der Waals surface area contributed by atoms with Crippen molar-refractivity contribution in [2.24, 2.45) is 5.73 Å². The van der Waals surface area contributed by atoms with Crippen LogP contribution in [0.5, 0.6) is 5.75 Å². The van der Waals surface area contributed by atoms with Crippen LogP contribution in [0.15, 0.2) is 48.5 Å². The van der Waals surface area contributed by atoms with Crippen molar-refractivity contribution in [3.63, 3.8) is 0 Å². The van der Waals surface area contributed by atoms with Gasteiger partial charge in [0.2, 0.25) is 0 Å². The molecule has 3 N–H and O–H groups in total. The van der Waals surface area contributed by atoms with Crippen molar-refractivity contribution in [1.82, 2.24) is 4.90 Å². The van der Waals surface area contributed by atoms with E-state index in [1.165, 1.54) is 5.69 Å². The summed E-state index contributed by atoms with van der Waals surface area (Å²) in [6.07, 6.45) is 0. The summed E-state index contributed by atoms with van der Waals surface area (Å²) in [7, 11) is 0. The minimum Gasteiger partial charge on any atom is -0.492 e. The standard InChI is InChI=1S/C22H30N4O2/c1-17(2)25-12-14-26(15-13-25)20-7-3-18(4-8-20)22(27)24-19-5-9-21(10-6-19)28-16-11-23/h3-10,17H,11-16,23H2,1-2H3,(H,24,27). The summed E-state index contributed by atoms with van der Waals surface area (Å²) in [5, 5.41) is 2.92. The lowest BCUT2D eigenvalue weighted by Crippen LogP contribution is -2.48. The van der Waals surface area contributed by atoms with Crippen LogP contribution < -0.4 is 20.7 Å². The maximum Gasteiger partial charge on any atom is 0.255 e. The van der Waals surface area contributed by atoms with Crippen molar-refractivity contribution in [2.75, 3.05) is 49.5 Å². The number of nitrogens with one attached hydrogen (secondary N) is 1. The quantitative estimate of drug-likeness (QED) is 0.771. The number of hydrogen-bond donors (Lipinski definition) is 2. The molecule has 6 heteroatoms. The molecule has 0 bridgehead atoms. The molecule has 2 aromatic carbocycles. The van der Waals surface area contributed by atoms with E-state index in [4.69, 9.17) is 10.5 Å². The number of nitrogens with two attached hydrogens (primary N) is 1. The van der Waals surface area contributed by atoms with Crippen molar-refractivity contribution in [2.45, 2.75) is 19.9 Å². The lowest BCUT2D eigenvalue weighted by atomic mass is 10.1. The normalized spacial score (nSPS) is 14.9. The fraction of sp³-hybridized carbons (Fsp3) is 0.409. The highest BCUT2D eigenvalue weighted by atomic mass is 16.5. The molecule has 0 spiro atoms. The molecule has 1 amide bonds. The van der Waals surface area contributed by atoms with E-state index in [-0.39, 0.29) is 5.91 Å². The van der Waals surface area contributed by atoms with Gasteiger partial charge in [0.25, 0.3) is 5.91 Å². The van der Waals surface area contributed by atoms with Gasteiger partial charge in [-0.15, -0.1) is 0 Å². The number of hydrogen-bond acceptors (Lipinski definition) is 5. The summed E-state index contributed by atoms with van der Waals surface area (Å²) < 4.78 is 5.44. The van der Waals surface area contributed by atoms with Crippen molar-refractivity contribution < 1.29 is 9.53 Å². The van der Waals surface area contributed by atoms with Crippen molar-refractivity contribution in [3.8, 4) is 5.75 Å². The maximum atomic E-state index is 12.5. The first kappa shape index (κ1) is 20.2. The van der Waals surface area contributed by atoms with Gasteiger partial charge in [0, 0.05) is 55.7 Å². The summed E-state index contributed by atoms with van der Waals surface area (Å²) in [5.74, 6) is 0.622. The third kappa shape index (κ3) is 5.24. The zero-order chi connectivity index (χ0) is 19.9. The van der Waals surface area contributed by atoms with Crippen LogP contribution in [0.4, 0.5) is 11.4 Å². The molecule has 28 heavy (non-hydrogen) atoms. The Hall–Kier alpha value is -2.57. The van der Waals surface area contributed by atoms with Gasteiger partial charge in [-0.2, -0.15) is 0 Å². The molecule has 0 unspecified atom stereocenters. The molecule has 0 saturated carbocycles. The summed E-state index contributed by atoms with van der Waals surface area (Å²) in [5.41, 5.74) is 7.97. The first-order valence-electron chi connectivity index (χ1n) is 9.90. The van der Waals surface area contributed by atoms with E-state index >= 15 is 0 Å². The fourth-order valence-electron chi connectivity index (χ4n) is 3.33. The number of nitrogens with zero attached hydrogens (tertiary/aromatic N) is 2. The Morgan fingerprint density at radius 1 is 1.04 bits per heavy atom. The van der Waals surface area contributed by atoms with Crippen LogP contribution in [-0.4, -0.2) is 56.2 Å². The number of piperazine rings is 1. The average molecular weight is 383 g/mol. The highest BCUT2D eigenvalue weighted by Gasteiger charge is 2.19. The molecule has 2 aromatic rings. The molecule has 0 radical (unpaired) electrons. The highest BCUT2D eigenvalue weighted by Crippen LogP contribution is 2.20. The maximum absolute atomic E-state index is 12.5. The smallest absolute Gasteiger partial charge is 0.255 e. The predicted octanol–water partition coefficient (Wildman–Crippen LogP) is 2.81. The zero-order valence-corrected chi connectivity index (χ0v) is 16.7. The van der Waals surface area contributed by atoms with E-state index in [0.717, 1.165) is 37.6 Å². The summed E-state index contributed by atoms with van der Waals surface area (Å²) in [6, 6.07) is 15.7. The van der Waals surface area contributed by atoms with Crippen molar-refractivity contribution >= 4 is 17.3 Å². The van der Waals surface area contributed by atoms with Gasteiger partial charge in [0.05, 0.1) is 0 Å². The van der Waals surface area contributed by atoms with Crippen LogP contribution >= 0.6 is 0 Å². The lowest BCUT2D eigenvalue weighted by molar-refractivity contribution is 0.102. The van der Waals surface area contributed by atoms with Gasteiger partial charge in [-0.3, -0.25) is 9.69 Å². The van der Waals surface area contributed by atoms with Crippen molar-refractivity contribution in [1.29, 1.82) is 0 Å². The average Bonchev–Trinajstić information content (AvgIpc) is 2.73. The number of rotatable bonds is 7. The van der Waals surface area contributed by atoms with Crippen LogP contribution in [0.2, 0.25) is 0 Å². The van der Waals surface area contributed by atoms with E-state index in [0.29, 0.717) is 24.8 Å². The second-order valence-corrected chi connectivity index (χ2v) is 7.28. The monoisotopic (exact) mass is 382 g/mol. The minimum atomic E-state index is -0.119. The number of benzene rings is 2. The van der Waals surface area contributed by atoms with E-state index in [9.17, 15) is 4.79 Å². The van der Waals surface area contributed by atoms with Gasteiger partial charge in [0.15, 0.2) is 0 Å². The Bertz CT molecular complexity index is 751. The Balaban J connectivity index is 1.55. The molecule has 1 heterocycles. The topological polar surface area (TPSA) is 70.8 Å². The number of ether oxygens (including phenoxy) is 1. The number of anilines is 2. The molecule has 0 atom stereocenters. The van der Waals surface area contributed by atoms with E-state index in [1.54, 1.807) is 0 Å². The molecule has 1 fully saturated rings. The van der Waals surface area contributed by atoms with Crippen LogP contribution in [0, 0.1) is 0 Å². The van der Waals surface area contributed by atoms with Crippen molar-refractivity contribution in [3.05, 3.63) is 54.1 Å². The lowest BCUT2D eigenvalue weighted by Gasteiger charge is -2.38. The first-order valence-corrected chi connectivity index (χ1v) is 9.90. The number of amides is 1. The summed E-state index contributed by atoms with van der Waals surface area (Å²) >= 11 is 0. The van der Waals surface area contributed by atoms with Gasteiger partial charge in [-0.25, -0.2) is 0 Å². The van der Waals surface area contributed by atoms with Crippen LogP contribution in [0.25, 0.3) is 0 Å². The highest BCUT2D eigenvalue weighted by molar-refractivity contribution is 6.04. The molecule has 3 rings (SSSR count). The van der Waals surface area contributed by atoms with Gasteiger partial charge in [-0.1, -0.05) is 0 Å². The second kappa shape index (κ2) is 9.57. The van der Waals surface area contributed by atoms with Gasteiger partial charge >= 0.3 is 0 Å². The summed E-state index contributed by atoms with van der Waals surface area (Å²) in [6.45, 7) is 9.61. The zero-order valence-electron chi connectivity index (χ0n) is 16.7. The van der Waals surface area contributed by atoms with E-state index in [1.807, 2.05) is 48.5 Å². The minimum absolute atomic E-state index is 0.119. The SMILES string of the molecule is CC(C)N1CCN(c2ccc(C(=O)Nc3ccc(OCCN)cc3)cc2)CC1. The van der Waals surface area contributed by atoms with Gasteiger partial charge < -0.3 is 20.7 Å². The van der Waals surface area contributed by atoms with Gasteiger partial charge in [-0.05, 0) is 62.4 Å². The predicted molar refractivity (Wildman–Crippen MR) is 114 cm³/mol. The van der Waals surface area contributed by atoms with E-state index < -0.39 is 0 Å². The third-order valence-corrected chi connectivity index (χ3v) is 5.04. The number of carbonyl (C=O) groups is 1. The Morgan fingerprint density at radius 2 is 1.68 bits per heavy atom. The molecule has 0 aliphatic carbocycles. The molecular weight excluding hydrogens is 352 g/mol. The number of carbonyl (C=O) groups excluding carboxylic acids is 1. The van der Waals surface area contributed by atoms with Crippen LogP contribution in [-0.2, 0) is 0 Å². The van der Waals surface area contributed by atoms with E-state index in [2.05, 4.69) is 29.0 Å². The second-order valence-electron chi connectivity index (χ2n) is 7.28. The van der Waals surface area contributed by atoms with Gasteiger partial charge in [0.1, 0.15) is 12.4 Å². The third-order valence-electron chi connectivity index (χ3n) is 5.04. The molecule has 150 valence electrons. The Morgan fingerprint density at radius 3 is 2.25 bits per heavy atom. The molecular formula is C22H30N4O2.